The molecule has 1 aromatic rings. The number of hydrogen-bond donors (Lipinski definition) is 5. The number of rotatable bonds is 37. The van der Waals surface area contributed by atoms with Gasteiger partial charge in [0.05, 0.1) is 13.2 Å². The maximum absolute atomic E-state index is 12.8. The van der Waals surface area contributed by atoms with E-state index in [1.807, 2.05) is 0 Å². The standard InChI is InChI=1S/C43H79N3O15P2/c1-33(2)24-20-16-12-10-8-6-5-7-9-11-13-18-22-26-38(47)56-30-35(59-39(48)27-23-19-15-14-17-21-25-34(3)4)31-57-62(52,53)61-63(54,55)58-32-36-40(49)41(50)42(60-36)46-29-28-37(44)45-43(46)51/h28-29,33-36,40-42,49-50H,5-27,30-32H2,1-4H3,(H,52,53)(H,54,55)(H2,44,45,51)/t35-,36-,40+,41?,42-/m1/s1. The van der Waals surface area contributed by atoms with Crippen LogP contribution in [0.1, 0.15) is 182 Å². The van der Waals surface area contributed by atoms with Gasteiger partial charge in [0.2, 0.25) is 0 Å². The van der Waals surface area contributed by atoms with E-state index < -0.39 is 83.7 Å². The molecule has 1 aliphatic heterocycles. The fourth-order valence-corrected chi connectivity index (χ4v) is 9.26. The smallest absolute Gasteiger partial charge is 0.462 e. The lowest BCUT2D eigenvalue weighted by Gasteiger charge is -2.21. The number of hydrogen-bond acceptors (Lipinski definition) is 15. The molecule has 18 nitrogen and oxygen atoms in total. The number of aliphatic hydroxyl groups is 2. The summed E-state index contributed by atoms with van der Waals surface area (Å²) in [5.41, 5.74) is 4.58. The van der Waals surface area contributed by atoms with Crippen LogP contribution in [-0.4, -0.2) is 85.7 Å². The van der Waals surface area contributed by atoms with Crippen molar-refractivity contribution >= 4 is 33.4 Å². The van der Waals surface area contributed by atoms with Gasteiger partial charge in [0.25, 0.3) is 0 Å². The first-order chi connectivity index (χ1) is 29.9. The number of nitrogens with two attached hydrogens (primary N) is 1. The second-order valence-electron chi connectivity index (χ2n) is 17.6. The van der Waals surface area contributed by atoms with Gasteiger partial charge in [-0.3, -0.25) is 23.2 Å². The van der Waals surface area contributed by atoms with Gasteiger partial charge in [-0.25, -0.2) is 13.9 Å². The van der Waals surface area contributed by atoms with Crippen LogP contribution in [0.2, 0.25) is 0 Å². The van der Waals surface area contributed by atoms with Crippen LogP contribution in [-0.2, 0) is 46.3 Å². The normalized spacial score (nSPS) is 20.2. The van der Waals surface area contributed by atoms with Gasteiger partial charge in [0.1, 0.15) is 30.7 Å². The summed E-state index contributed by atoms with van der Waals surface area (Å²) in [6.07, 6.45) is 16.8. The largest absolute Gasteiger partial charge is 0.481 e. The number of phosphoric ester groups is 2. The van der Waals surface area contributed by atoms with Crippen LogP contribution in [0.15, 0.2) is 17.1 Å². The van der Waals surface area contributed by atoms with E-state index >= 15 is 0 Å². The Morgan fingerprint density at radius 2 is 1.17 bits per heavy atom. The van der Waals surface area contributed by atoms with E-state index in [0.29, 0.717) is 18.8 Å². The number of phosphoric acid groups is 2. The quantitative estimate of drug-likeness (QED) is 0.0238. The number of anilines is 1. The second-order valence-corrected chi connectivity index (χ2v) is 20.6. The zero-order chi connectivity index (χ0) is 46.7. The van der Waals surface area contributed by atoms with Crippen molar-refractivity contribution < 1.29 is 66.3 Å². The second kappa shape index (κ2) is 31.6. The molecule has 7 atom stereocenters. The Labute approximate surface area is 374 Å². The lowest BCUT2D eigenvalue weighted by Crippen LogP contribution is -2.36. The molecular weight excluding hydrogens is 860 g/mol. The first-order valence-electron chi connectivity index (χ1n) is 23.3. The predicted octanol–water partition coefficient (Wildman–Crippen LogP) is 8.43. The van der Waals surface area contributed by atoms with Crippen LogP contribution >= 0.6 is 15.6 Å². The Balaban J connectivity index is 1.80. The Morgan fingerprint density at radius 3 is 1.67 bits per heavy atom. The van der Waals surface area contributed by atoms with E-state index in [2.05, 4.69) is 37.0 Å². The number of carbonyl (C=O) groups excluding carboxylic acids is 2. The van der Waals surface area contributed by atoms with Crippen molar-refractivity contribution in [1.82, 2.24) is 9.55 Å². The molecular formula is C43H79N3O15P2. The van der Waals surface area contributed by atoms with Crippen LogP contribution in [0.25, 0.3) is 0 Å². The molecule has 1 aromatic heterocycles. The third-order valence-electron chi connectivity index (χ3n) is 10.8. The molecule has 1 fully saturated rings. The minimum absolute atomic E-state index is 0.0517. The van der Waals surface area contributed by atoms with Gasteiger partial charge in [0.15, 0.2) is 12.3 Å². The number of aromatic nitrogens is 2. The molecule has 6 N–H and O–H groups in total. The fourth-order valence-electron chi connectivity index (χ4n) is 7.15. The summed E-state index contributed by atoms with van der Waals surface area (Å²) in [5, 5.41) is 20.8. The van der Waals surface area contributed by atoms with Crippen molar-refractivity contribution in [3.05, 3.63) is 22.7 Å². The maximum Gasteiger partial charge on any atom is 0.481 e. The molecule has 0 bridgehead atoms. The summed E-state index contributed by atoms with van der Waals surface area (Å²) < 4.78 is 56.5. The minimum Gasteiger partial charge on any atom is -0.462 e. The number of carbonyl (C=O) groups is 2. The van der Waals surface area contributed by atoms with Crippen LogP contribution in [0, 0.1) is 11.8 Å². The molecule has 20 heteroatoms. The summed E-state index contributed by atoms with van der Waals surface area (Å²) in [4.78, 5) is 61.6. The minimum atomic E-state index is -5.41. The van der Waals surface area contributed by atoms with Crippen molar-refractivity contribution in [2.45, 2.75) is 206 Å². The Hall–Kier alpha value is -2.24. The first kappa shape index (κ1) is 56.9. The zero-order valence-electron chi connectivity index (χ0n) is 38.2. The van der Waals surface area contributed by atoms with Crippen molar-refractivity contribution in [3.63, 3.8) is 0 Å². The van der Waals surface area contributed by atoms with Gasteiger partial charge in [-0.15, -0.1) is 0 Å². The summed E-state index contributed by atoms with van der Waals surface area (Å²) in [6.45, 7) is 6.65. The number of aliphatic hydroxyl groups excluding tert-OH is 2. The monoisotopic (exact) mass is 939 g/mol. The molecule has 0 aromatic carbocycles. The van der Waals surface area contributed by atoms with E-state index in [-0.39, 0.29) is 18.7 Å². The van der Waals surface area contributed by atoms with Gasteiger partial charge in [-0.05, 0) is 30.7 Å². The molecule has 1 aliphatic rings. The highest BCUT2D eigenvalue weighted by atomic mass is 31.3. The molecule has 2 heterocycles. The Morgan fingerprint density at radius 1 is 0.714 bits per heavy atom. The Kier molecular flexibility index (Phi) is 28.6. The summed E-state index contributed by atoms with van der Waals surface area (Å²) in [7, 11) is -10.8. The van der Waals surface area contributed by atoms with Crippen molar-refractivity contribution in [2.24, 2.45) is 11.8 Å². The van der Waals surface area contributed by atoms with Gasteiger partial charge < -0.3 is 39.9 Å². The fraction of sp³-hybridized carbons (Fsp3) is 0.860. The number of ether oxygens (including phenoxy) is 3. The number of esters is 2. The van der Waals surface area contributed by atoms with Crippen LogP contribution in [0.3, 0.4) is 0 Å². The highest BCUT2D eigenvalue weighted by molar-refractivity contribution is 7.61. The van der Waals surface area contributed by atoms with Crippen LogP contribution in [0.4, 0.5) is 5.82 Å². The molecule has 3 unspecified atom stereocenters. The zero-order valence-corrected chi connectivity index (χ0v) is 40.0. The maximum atomic E-state index is 12.8. The first-order valence-corrected chi connectivity index (χ1v) is 26.3. The molecule has 0 amide bonds. The number of nitrogens with zero attached hydrogens (tertiary/aromatic N) is 2. The molecule has 0 saturated carbocycles. The molecule has 63 heavy (non-hydrogen) atoms. The van der Waals surface area contributed by atoms with E-state index in [1.165, 1.54) is 70.3 Å². The van der Waals surface area contributed by atoms with E-state index in [0.717, 1.165) is 74.5 Å². The van der Waals surface area contributed by atoms with Crippen LogP contribution in [0.5, 0.6) is 0 Å². The third-order valence-corrected chi connectivity index (χ3v) is 13.4. The molecule has 0 aliphatic carbocycles. The predicted molar refractivity (Wildman–Crippen MR) is 238 cm³/mol. The summed E-state index contributed by atoms with van der Waals surface area (Å²) in [5.74, 6) is 0.161. The highest BCUT2D eigenvalue weighted by Crippen LogP contribution is 2.60. The van der Waals surface area contributed by atoms with Gasteiger partial charge in [-0.2, -0.15) is 9.29 Å². The van der Waals surface area contributed by atoms with E-state index in [1.54, 1.807) is 0 Å². The van der Waals surface area contributed by atoms with Gasteiger partial charge in [-0.1, -0.05) is 150 Å². The molecule has 366 valence electrons. The third kappa shape index (κ3) is 26.5. The molecule has 0 radical (unpaired) electrons. The van der Waals surface area contributed by atoms with Gasteiger partial charge in [0, 0.05) is 19.0 Å². The summed E-state index contributed by atoms with van der Waals surface area (Å²) in [6, 6.07) is 1.25. The van der Waals surface area contributed by atoms with Crippen molar-refractivity contribution in [2.75, 3.05) is 25.6 Å². The topological polar surface area (TPSA) is 265 Å². The average Bonchev–Trinajstić information content (AvgIpc) is 3.48. The number of unbranched alkanes of at least 4 members (excludes halogenated alkanes) is 17. The van der Waals surface area contributed by atoms with E-state index in [4.69, 9.17) is 29.0 Å². The van der Waals surface area contributed by atoms with Crippen molar-refractivity contribution in [1.29, 1.82) is 0 Å². The lowest BCUT2D eigenvalue weighted by atomic mass is 10.0. The van der Waals surface area contributed by atoms with Gasteiger partial charge >= 0.3 is 33.3 Å². The average molecular weight is 940 g/mol. The van der Waals surface area contributed by atoms with Crippen LogP contribution < -0.4 is 11.4 Å². The molecule has 0 spiro atoms. The SMILES string of the molecule is CC(C)CCCCCCCCCCCCCCCC(=O)OC[C@H](COP(=O)(O)OP(=O)(O)OC[C@H]1O[C@@H](n2ccc(N)nc2=O)C(O)[C@H]1O)OC(=O)CCCCCCCCC(C)C. The van der Waals surface area contributed by atoms with Crippen molar-refractivity contribution in [3.8, 4) is 0 Å². The number of nitrogen functional groups attached to an aromatic ring is 1. The molecule has 2 rings (SSSR count). The summed E-state index contributed by atoms with van der Waals surface area (Å²) >= 11 is 0. The van der Waals surface area contributed by atoms with E-state index in [9.17, 15) is 43.5 Å². The lowest BCUT2D eigenvalue weighted by molar-refractivity contribution is -0.161. The highest BCUT2D eigenvalue weighted by Gasteiger charge is 2.46. The molecule has 1 saturated heterocycles. The Bertz CT molecular complexity index is 1580.